The number of benzene rings is 2. The van der Waals surface area contributed by atoms with Gasteiger partial charge in [-0.2, -0.15) is 4.98 Å². The van der Waals surface area contributed by atoms with E-state index in [9.17, 15) is 4.79 Å². The van der Waals surface area contributed by atoms with Crippen LogP contribution < -0.4 is 14.4 Å². The molecule has 1 aromatic heterocycles. The second-order valence-corrected chi connectivity index (χ2v) is 8.61. The number of anilines is 1. The second-order valence-electron chi connectivity index (χ2n) is 8.61. The van der Waals surface area contributed by atoms with Gasteiger partial charge >= 0.3 is 0 Å². The predicted octanol–water partition coefficient (Wildman–Crippen LogP) is 4.96. The Kier molecular flexibility index (Phi) is 4.45. The normalized spacial score (nSPS) is 18.0. The van der Waals surface area contributed by atoms with E-state index in [1.165, 1.54) is 5.56 Å². The summed E-state index contributed by atoms with van der Waals surface area (Å²) in [5.74, 6) is 1.91. The SMILES string of the molecule is COc1ccc2c(c1)OC1(CCN(c3nc4cc(C(C)C)ccc4o3)CC1)CC2=O. The van der Waals surface area contributed by atoms with Gasteiger partial charge in [-0.25, -0.2) is 0 Å². The first-order valence-electron chi connectivity index (χ1n) is 10.5. The first kappa shape index (κ1) is 19.0. The lowest BCUT2D eigenvalue weighted by molar-refractivity contribution is 0.0225. The molecule has 0 unspecified atom stereocenters. The van der Waals surface area contributed by atoms with E-state index in [1.54, 1.807) is 19.2 Å². The lowest BCUT2D eigenvalue weighted by Crippen LogP contribution is -2.51. The Hall–Kier alpha value is -3.02. The van der Waals surface area contributed by atoms with E-state index in [-0.39, 0.29) is 5.78 Å². The van der Waals surface area contributed by atoms with Crippen LogP contribution in [0.1, 0.15) is 54.9 Å². The van der Waals surface area contributed by atoms with Gasteiger partial charge < -0.3 is 18.8 Å². The molecule has 2 aliphatic heterocycles. The number of methoxy groups -OCH3 is 1. The summed E-state index contributed by atoms with van der Waals surface area (Å²) < 4.78 is 17.7. The molecule has 1 fully saturated rings. The Labute approximate surface area is 175 Å². The fourth-order valence-corrected chi connectivity index (χ4v) is 4.41. The lowest BCUT2D eigenvalue weighted by atomic mass is 9.82. The monoisotopic (exact) mass is 406 g/mol. The third kappa shape index (κ3) is 3.20. The number of carbonyl (C=O) groups excluding carboxylic acids is 1. The largest absolute Gasteiger partial charge is 0.497 e. The van der Waals surface area contributed by atoms with Crippen molar-refractivity contribution < 1.29 is 18.7 Å². The standard InChI is InChI=1S/C24H26N2O4/c1-15(2)16-4-7-21-19(12-16)25-23(29-21)26-10-8-24(9-11-26)14-20(27)18-6-5-17(28-3)13-22(18)30-24/h4-7,12-13,15H,8-11,14H2,1-3H3. The maximum atomic E-state index is 12.7. The van der Waals surface area contributed by atoms with Crippen LogP contribution in [0.3, 0.4) is 0 Å². The molecule has 0 bridgehead atoms. The molecule has 1 saturated heterocycles. The number of aromatic nitrogens is 1. The van der Waals surface area contributed by atoms with Crippen LogP contribution in [-0.4, -0.2) is 36.6 Å². The fourth-order valence-electron chi connectivity index (χ4n) is 4.41. The number of fused-ring (bicyclic) bond motifs is 2. The van der Waals surface area contributed by atoms with E-state index >= 15 is 0 Å². The van der Waals surface area contributed by atoms with Gasteiger partial charge in [-0.3, -0.25) is 4.79 Å². The van der Waals surface area contributed by atoms with Gasteiger partial charge in [0.15, 0.2) is 11.4 Å². The maximum absolute atomic E-state index is 12.7. The van der Waals surface area contributed by atoms with Crippen molar-refractivity contribution in [3.63, 3.8) is 0 Å². The molecule has 0 atom stereocenters. The minimum Gasteiger partial charge on any atom is -0.497 e. The number of rotatable bonds is 3. The van der Waals surface area contributed by atoms with E-state index in [1.807, 2.05) is 12.1 Å². The number of oxazole rings is 1. The smallest absolute Gasteiger partial charge is 0.298 e. The van der Waals surface area contributed by atoms with E-state index in [0.29, 0.717) is 35.4 Å². The van der Waals surface area contributed by atoms with Crippen LogP contribution in [0.5, 0.6) is 11.5 Å². The van der Waals surface area contributed by atoms with Crippen LogP contribution in [0.25, 0.3) is 11.1 Å². The number of Topliss-reactive ketones (excluding diaryl/α,β-unsaturated/α-hetero) is 1. The molecule has 3 heterocycles. The fraction of sp³-hybridized carbons (Fsp3) is 0.417. The number of nitrogens with zero attached hydrogens (tertiary/aromatic N) is 2. The molecule has 6 nitrogen and oxygen atoms in total. The first-order chi connectivity index (χ1) is 14.5. The summed E-state index contributed by atoms with van der Waals surface area (Å²) in [6, 6.07) is 12.3. The molecule has 0 N–H and O–H groups in total. The maximum Gasteiger partial charge on any atom is 0.298 e. The number of hydrogen-bond acceptors (Lipinski definition) is 6. The van der Waals surface area contributed by atoms with Gasteiger partial charge in [0.25, 0.3) is 6.01 Å². The molecule has 0 aliphatic carbocycles. The van der Waals surface area contributed by atoms with Crippen molar-refractivity contribution in [1.29, 1.82) is 0 Å². The van der Waals surface area contributed by atoms with Crippen molar-refractivity contribution in [1.82, 2.24) is 4.98 Å². The summed E-state index contributed by atoms with van der Waals surface area (Å²) in [7, 11) is 1.62. The van der Waals surface area contributed by atoms with Gasteiger partial charge in [0.05, 0.1) is 19.1 Å². The Balaban J connectivity index is 1.35. The second kappa shape index (κ2) is 7.04. The number of piperidine rings is 1. The van der Waals surface area contributed by atoms with Crippen molar-refractivity contribution in [3.05, 3.63) is 47.5 Å². The van der Waals surface area contributed by atoms with Crippen LogP contribution in [0.15, 0.2) is 40.8 Å². The van der Waals surface area contributed by atoms with Gasteiger partial charge in [-0.05, 0) is 35.7 Å². The van der Waals surface area contributed by atoms with Crippen molar-refractivity contribution in [2.24, 2.45) is 0 Å². The van der Waals surface area contributed by atoms with Gasteiger partial charge in [-0.15, -0.1) is 0 Å². The average molecular weight is 406 g/mol. The van der Waals surface area contributed by atoms with Gasteiger partial charge in [0.2, 0.25) is 0 Å². The number of hydrogen-bond donors (Lipinski definition) is 0. The Morgan fingerprint density at radius 2 is 1.93 bits per heavy atom. The van der Waals surface area contributed by atoms with Crippen LogP contribution in [0.4, 0.5) is 6.01 Å². The molecule has 1 spiro atoms. The molecule has 0 radical (unpaired) electrons. The van der Waals surface area contributed by atoms with Crippen molar-refractivity contribution in [3.8, 4) is 11.5 Å². The van der Waals surface area contributed by atoms with E-state index in [2.05, 4.69) is 30.9 Å². The molecular weight excluding hydrogens is 380 g/mol. The molecule has 2 aliphatic rings. The zero-order chi connectivity index (χ0) is 20.9. The van der Waals surface area contributed by atoms with Crippen molar-refractivity contribution >= 4 is 22.9 Å². The Morgan fingerprint density at radius 1 is 1.13 bits per heavy atom. The zero-order valence-corrected chi connectivity index (χ0v) is 17.6. The number of ether oxygens (including phenoxy) is 2. The molecule has 0 saturated carbocycles. The van der Waals surface area contributed by atoms with Gasteiger partial charge in [0, 0.05) is 32.0 Å². The van der Waals surface area contributed by atoms with Crippen LogP contribution in [0, 0.1) is 0 Å². The predicted molar refractivity (Wildman–Crippen MR) is 115 cm³/mol. The lowest BCUT2D eigenvalue weighted by Gasteiger charge is -2.43. The van der Waals surface area contributed by atoms with Crippen molar-refractivity contribution in [2.45, 2.75) is 44.6 Å². The van der Waals surface area contributed by atoms with E-state index < -0.39 is 5.60 Å². The van der Waals surface area contributed by atoms with Crippen LogP contribution >= 0.6 is 0 Å². The van der Waals surface area contributed by atoms with Gasteiger partial charge in [0.1, 0.15) is 22.6 Å². The summed E-state index contributed by atoms with van der Waals surface area (Å²) in [6.45, 7) is 5.81. The molecule has 30 heavy (non-hydrogen) atoms. The summed E-state index contributed by atoms with van der Waals surface area (Å²) >= 11 is 0. The highest BCUT2D eigenvalue weighted by Crippen LogP contribution is 2.41. The third-order valence-corrected chi connectivity index (χ3v) is 6.31. The average Bonchev–Trinajstić information content (AvgIpc) is 3.17. The molecule has 2 aromatic carbocycles. The highest BCUT2D eigenvalue weighted by Gasteiger charge is 2.43. The van der Waals surface area contributed by atoms with E-state index in [4.69, 9.17) is 18.9 Å². The zero-order valence-electron chi connectivity index (χ0n) is 17.6. The number of carbonyl (C=O) groups is 1. The highest BCUT2D eigenvalue weighted by atomic mass is 16.5. The first-order valence-corrected chi connectivity index (χ1v) is 10.5. The molecule has 156 valence electrons. The summed E-state index contributed by atoms with van der Waals surface area (Å²) in [5.41, 5.74) is 3.12. The van der Waals surface area contributed by atoms with Crippen molar-refractivity contribution in [2.75, 3.05) is 25.1 Å². The molecule has 3 aromatic rings. The molecular formula is C24H26N2O4. The highest BCUT2D eigenvalue weighted by molar-refractivity contribution is 6.00. The Morgan fingerprint density at radius 3 is 2.67 bits per heavy atom. The third-order valence-electron chi connectivity index (χ3n) is 6.31. The summed E-state index contributed by atoms with van der Waals surface area (Å²) in [6.07, 6.45) is 1.89. The number of ketones is 1. The van der Waals surface area contributed by atoms with Crippen LogP contribution in [-0.2, 0) is 0 Å². The molecule has 0 amide bonds. The molecule has 6 heteroatoms. The van der Waals surface area contributed by atoms with Gasteiger partial charge in [-0.1, -0.05) is 19.9 Å². The Bertz CT molecular complexity index is 1110. The van der Waals surface area contributed by atoms with Crippen LogP contribution in [0.2, 0.25) is 0 Å². The quantitative estimate of drug-likeness (QED) is 0.612. The minimum absolute atomic E-state index is 0.135. The van der Waals surface area contributed by atoms with E-state index in [0.717, 1.165) is 37.0 Å². The summed E-state index contributed by atoms with van der Waals surface area (Å²) in [4.78, 5) is 19.6. The summed E-state index contributed by atoms with van der Waals surface area (Å²) in [5, 5.41) is 0. The molecule has 5 rings (SSSR count). The minimum atomic E-state index is -0.468. The topological polar surface area (TPSA) is 64.8 Å².